The van der Waals surface area contributed by atoms with Gasteiger partial charge in [-0.3, -0.25) is 20.4 Å². The lowest BCUT2D eigenvalue weighted by Crippen LogP contribution is -2.41. The van der Waals surface area contributed by atoms with Gasteiger partial charge in [0.2, 0.25) is 0 Å². The molecule has 0 saturated carbocycles. The summed E-state index contributed by atoms with van der Waals surface area (Å²) in [4.78, 5) is 29.2. The van der Waals surface area contributed by atoms with Crippen LogP contribution in [0, 0.1) is 0 Å². The van der Waals surface area contributed by atoms with Gasteiger partial charge in [0.1, 0.15) is 17.0 Å². The molecule has 2 heterocycles. The molecular weight excluding hydrogens is 456 g/mol. The molecule has 0 unspecified atom stereocenters. The van der Waals surface area contributed by atoms with E-state index >= 15 is 0 Å². The summed E-state index contributed by atoms with van der Waals surface area (Å²) in [5.74, 6) is -0.160. The summed E-state index contributed by atoms with van der Waals surface area (Å²) in [6, 6.07) is 15.3. The summed E-state index contributed by atoms with van der Waals surface area (Å²) < 4.78 is 1.85. The van der Waals surface area contributed by atoms with E-state index in [1.165, 1.54) is 16.9 Å². The van der Waals surface area contributed by atoms with Crippen LogP contribution in [0.2, 0.25) is 0 Å². The first-order valence-corrected chi connectivity index (χ1v) is 12.1. The lowest BCUT2D eigenvalue weighted by Gasteiger charge is -2.07. The molecule has 2 N–H and O–H groups in total. The minimum absolute atomic E-state index is 0.256. The smallest absolute Gasteiger partial charge is 0.289 e. The van der Waals surface area contributed by atoms with Crippen molar-refractivity contribution < 1.29 is 9.59 Å². The molecule has 10 heteroatoms. The number of hydrogen-bond donors (Lipinski definition) is 2. The molecule has 4 rings (SSSR count). The number of nitrogens with zero attached hydrogens (tertiary/aromatic N) is 4. The molecule has 168 valence electrons. The van der Waals surface area contributed by atoms with Crippen LogP contribution in [0.5, 0.6) is 0 Å². The van der Waals surface area contributed by atoms with Gasteiger partial charge in [-0.25, -0.2) is 4.98 Å². The van der Waals surface area contributed by atoms with Gasteiger partial charge in [-0.15, -0.1) is 21.5 Å². The van der Waals surface area contributed by atoms with Crippen molar-refractivity contribution in [1.82, 2.24) is 30.6 Å². The minimum atomic E-state index is -0.465. The van der Waals surface area contributed by atoms with E-state index in [2.05, 4.69) is 45.1 Å². The molecule has 2 aromatic heterocycles. The largest absolute Gasteiger partial charge is 0.312 e. The second kappa shape index (κ2) is 10.4. The van der Waals surface area contributed by atoms with Crippen molar-refractivity contribution in [2.45, 2.75) is 24.3 Å². The van der Waals surface area contributed by atoms with Crippen LogP contribution in [0.4, 0.5) is 0 Å². The molecule has 33 heavy (non-hydrogen) atoms. The number of aromatic nitrogens is 4. The Kier molecular flexibility index (Phi) is 7.16. The van der Waals surface area contributed by atoms with Crippen molar-refractivity contribution in [3.8, 4) is 10.6 Å². The van der Waals surface area contributed by atoms with Crippen molar-refractivity contribution in [2.75, 3.05) is 0 Å². The Bertz CT molecular complexity index is 1250. The number of thiazole rings is 1. The normalized spacial score (nSPS) is 10.7. The van der Waals surface area contributed by atoms with Crippen LogP contribution in [-0.4, -0.2) is 31.6 Å². The number of benzene rings is 2. The van der Waals surface area contributed by atoms with Gasteiger partial charge >= 0.3 is 0 Å². The predicted molar refractivity (Wildman–Crippen MR) is 129 cm³/mol. The van der Waals surface area contributed by atoms with Gasteiger partial charge in [0.15, 0.2) is 5.16 Å². The third kappa shape index (κ3) is 5.65. The van der Waals surface area contributed by atoms with Gasteiger partial charge < -0.3 is 4.57 Å². The average molecular weight is 479 g/mol. The van der Waals surface area contributed by atoms with E-state index in [0.29, 0.717) is 11.3 Å². The van der Waals surface area contributed by atoms with Crippen LogP contribution in [0.1, 0.15) is 38.9 Å². The average Bonchev–Trinajstić information content (AvgIpc) is 3.51. The number of aryl methyl sites for hydroxylation is 2. The summed E-state index contributed by atoms with van der Waals surface area (Å²) in [6.45, 7) is 2.10. The molecule has 2 amide bonds. The molecule has 0 aliphatic carbocycles. The maximum Gasteiger partial charge on any atom is 0.289 e. The highest BCUT2D eigenvalue weighted by Gasteiger charge is 2.14. The topological polar surface area (TPSA) is 102 Å². The fourth-order valence-corrected chi connectivity index (χ4v) is 4.60. The molecule has 8 nitrogen and oxygen atoms in total. The zero-order valence-electron chi connectivity index (χ0n) is 18.1. The van der Waals surface area contributed by atoms with Gasteiger partial charge in [0.25, 0.3) is 11.8 Å². The Morgan fingerprint density at radius 2 is 1.70 bits per heavy atom. The molecule has 4 aromatic rings. The standard InChI is InChI=1S/C23H22N6O2S2/c1-3-15-4-10-18(11-5-15)22-25-19(13-32-22)21(31)27-26-20(30)17-8-6-16(7-9-17)12-33-23-28-24-14-29(23)2/h4-11,13-14H,3,12H2,1-2H3,(H,26,30)(H,27,31). The monoisotopic (exact) mass is 478 g/mol. The SMILES string of the molecule is CCc1ccc(-c2nc(C(=O)NNC(=O)c3ccc(CSc4nncn4C)cc3)cs2)cc1. The maximum absolute atomic E-state index is 12.4. The highest BCUT2D eigenvalue weighted by Crippen LogP contribution is 2.24. The molecule has 0 bridgehead atoms. The number of hydrogen-bond acceptors (Lipinski definition) is 7. The van der Waals surface area contributed by atoms with Crippen LogP contribution in [0.15, 0.2) is 65.4 Å². The number of rotatable bonds is 7. The first-order chi connectivity index (χ1) is 16.0. The third-order valence-electron chi connectivity index (χ3n) is 4.89. The van der Waals surface area contributed by atoms with E-state index < -0.39 is 11.8 Å². The molecular formula is C23H22N6O2S2. The number of amides is 2. The van der Waals surface area contributed by atoms with E-state index in [0.717, 1.165) is 27.7 Å². The van der Waals surface area contributed by atoms with Crippen molar-refractivity contribution in [1.29, 1.82) is 0 Å². The first-order valence-electron chi connectivity index (χ1n) is 10.2. The molecule has 0 radical (unpaired) electrons. The number of carbonyl (C=O) groups is 2. The highest BCUT2D eigenvalue weighted by molar-refractivity contribution is 7.98. The molecule has 0 fully saturated rings. The summed E-state index contributed by atoms with van der Waals surface area (Å²) in [5.41, 5.74) is 8.81. The van der Waals surface area contributed by atoms with E-state index in [1.807, 2.05) is 35.9 Å². The van der Waals surface area contributed by atoms with Crippen molar-refractivity contribution in [2.24, 2.45) is 7.05 Å². The van der Waals surface area contributed by atoms with Gasteiger partial charge in [-0.05, 0) is 29.7 Å². The van der Waals surface area contributed by atoms with Gasteiger partial charge in [-0.2, -0.15) is 0 Å². The molecule has 0 aliphatic rings. The summed E-state index contributed by atoms with van der Waals surface area (Å²) in [7, 11) is 1.89. The molecule has 0 spiro atoms. The minimum Gasteiger partial charge on any atom is -0.312 e. The van der Waals surface area contributed by atoms with E-state index in [4.69, 9.17) is 0 Å². The van der Waals surface area contributed by atoms with Gasteiger partial charge in [-0.1, -0.05) is 55.1 Å². The number of thioether (sulfide) groups is 1. The second-order valence-corrected chi connectivity index (χ2v) is 9.01. The Balaban J connectivity index is 1.29. The fraction of sp³-hybridized carbons (Fsp3) is 0.174. The maximum atomic E-state index is 12.4. The molecule has 2 aromatic carbocycles. The highest BCUT2D eigenvalue weighted by atomic mass is 32.2. The summed E-state index contributed by atoms with van der Waals surface area (Å²) in [6.07, 6.45) is 2.62. The van der Waals surface area contributed by atoms with Crippen molar-refractivity contribution >= 4 is 34.9 Å². The van der Waals surface area contributed by atoms with Crippen LogP contribution in [0.3, 0.4) is 0 Å². The molecule has 0 saturated heterocycles. The zero-order valence-corrected chi connectivity index (χ0v) is 19.7. The zero-order chi connectivity index (χ0) is 23.2. The van der Waals surface area contributed by atoms with Crippen LogP contribution >= 0.6 is 23.1 Å². The van der Waals surface area contributed by atoms with E-state index in [1.54, 1.807) is 35.6 Å². The fourth-order valence-electron chi connectivity index (χ4n) is 2.95. The van der Waals surface area contributed by atoms with Gasteiger partial charge in [0, 0.05) is 29.3 Å². The van der Waals surface area contributed by atoms with Crippen molar-refractivity contribution in [3.63, 3.8) is 0 Å². The van der Waals surface area contributed by atoms with E-state index in [9.17, 15) is 9.59 Å². The van der Waals surface area contributed by atoms with Crippen LogP contribution < -0.4 is 10.9 Å². The number of carbonyl (C=O) groups excluding carboxylic acids is 2. The first kappa shape index (κ1) is 22.7. The van der Waals surface area contributed by atoms with Crippen molar-refractivity contribution in [3.05, 3.63) is 82.6 Å². The lowest BCUT2D eigenvalue weighted by molar-refractivity contribution is 0.0844. The number of nitrogens with one attached hydrogen (secondary N) is 2. The van der Waals surface area contributed by atoms with E-state index in [-0.39, 0.29) is 5.69 Å². The molecule has 0 aliphatic heterocycles. The lowest BCUT2D eigenvalue weighted by atomic mass is 10.1. The predicted octanol–water partition coefficient (Wildman–Crippen LogP) is 3.87. The Morgan fingerprint density at radius 3 is 2.36 bits per heavy atom. The second-order valence-electron chi connectivity index (χ2n) is 7.21. The van der Waals surface area contributed by atoms with Crippen LogP contribution in [0.25, 0.3) is 10.6 Å². The van der Waals surface area contributed by atoms with Gasteiger partial charge in [0.05, 0.1) is 0 Å². The summed E-state index contributed by atoms with van der Waals surface area (Å²) in [5, 5.41) is 11.1. The Morgan fingerprint density at radius 1 is 1.00 bits per heavy atom. The summed E-state index contributed by atoms with van der Waals surface area (Å²) >= 11 is 2.95. The quantitative estimate of drug-likeness (QED) is 0.309. The molecule has 0 atom stereocenters. The van der Waals surface area contributed by atoms with Crippen LogP contribution in [-0.2, 0) is 19.2 Å². The number of hydrazine groups is 1. The Hall–Kier alpha value is -3.50. The Labute approximate surface area is 199 Å². The third-order valence-corrected chi connectivity index (χ3v) is 6.89.